The van der Waals surface area contributed by atoms with E-state index >= 15 is 0 Å². The van der Waals surface area contributed by atoms with Crippen LogP contribution in [0.15, 0.2) is 273 Å². The molecular formula is C74H87N. The van der Waals surface area contributed by atoms with Gasteiger partial charge in [-0.25, -0.2) is 0 Å². The highest BCUT2D eigenvalue weighted by Gasteiger charge is 2.45. The summed E-state index contributed by atoms with van der Waals surface area (Å²) in [4.78, 5) is 2.12. The maximum Gasteiger partial charge on any atom is 0.0713 e. The Balaban J connectivity index is 0.000000254. The zero-order valence-electron chi connectivity index (χ0n) is 47.9. The first-order valence-corrected chi connectivity index (χ1v) is 27.1. The van der Waals surface area contributed by atoms with Gasteiger partial charge in [-0.2, -0.15) is 0 Å². The molecule has 0 aliphatic heterocycles. The summed E-state index contributed by atoms with van der Waals surface area (Å²) in [7, 11) is 4.12. The van der Waals surface area contributed by atoms with Crippen LogP contribution in [0.1, 0.15) is 114 Å². The standard InChI is InChI=1S/C25H18.C15H14.C9H13N.C7H8.C6H6.C6H10.3C2H6/c1-3-11-19(12-4-1)25(20-13-5-2-6-14-20)23-17-9-7-15-21(23)22-16-8-10-18-24(22)25;1-15(2)13-9-5-3-7-11(13)12-8-4-6-10-14(12)15;1-8-6-4-5-7-9(8)10(2)3;1-7-5-3-2-4-6-7;1-2-4-6-5-3-1;1-3-5-6-4-2;3*1-2/h1-18H;3-10H,1-2H3;4-7H,1-3H3;2-6H,1H3;1-6H;3-6H,1-2H3;3*1-2H3/b;;;;;5-3-,6-4-;;;. The van der Waals surface area contributed by atoms with Crippen molar-refractivity contribution in [3.8, 4) is 22.3 Å². The van der Waals surface area contributed by atoms with Gasteiger partial charge >= 0.3 is 0 Å². The van der Waals surface area contributed by atoms with Gasteiger partial charge in [0.25, 0.3) is 0 Å². The molecule has 0 spiro atoms. The molecule has 0 N–H and O–H groups in total. The van der Waals surface area contributed by atoms with Gasteiger partial charge in [0, 0.05) is 25.2 Å². The van der Waals surface area contributed by atoms with Crippen LogP contribution in [0.3, 0.4) is 0 Å². The Labute approximate surface area is 456 Å². The van der Waals surface area contributed by atoms with Crippen molar-refractivity contribution in [3.05, 3.63) is 318 Å². The van der Waals surface area contributed by atoms with E-state index in [2.05, 4.69) is 241 Å². The lowest BCUT2D eigenvalue weighted by atomic mass is 9.68. The molecule has 9 aromatic carbocycles. The minimum atomic E-state index is -0.254. The Hall–Kier alpha value is -7.74. The molecule has 0 aromatic heterocycles. The van der Waals surface area contributed by atoms with E-state index in [1.54, 1.807) is 0 Å². The second-order valence-corrected chi connectivity index (χ2v) is 17.8. The lowest BCUT2D eigenvalue weighted by Gasteiger charge is -2.33. The summed E-state index contributed by atoms with van der Waals surface area (Å²) >= 11 is 0. The summed E-state index contributed by atoms with van der Waals surface area (Å²) < 4.78 is 0. The lowest BCUT2D eigenvalue weighted by Crippen LogP contribution is -2.28. The summed E-state index contributed by atoms with van der Waals surface area (Å²) in [5.41, 5.74) is 17.6. The number of allylic oxidation sites excluding steroid dienone is 4. The van der Waals surface area contributed by atoms with E-state index in [0.717, 1.165) is 0 Å². The van der Waals surface area contributed by atoms with Crippen molar-refractivity contribution >= 4 is 5.69 Å². The number of anilines is 1. The van der Waals surface area contributed by atoms with E-state index in [4.69, 9.17) is 0 Å². The molecule has 1 nitrogen and oxygen atoms in total. The van der Waals surface area contributed by atoms with Gasteiger partial charge in [0.1, 0.15) is 0 Å². The number of hydrogen-bond donors (Lipinski definition) is 0. The number of benzene rings is 9. The van der Waals surface area contributed by atoms with E-state index in [-0.39, 0.29) is 10.8 Å². The maximum absolute atomic E-state index is 2.30. The molecule has 0 radical (unpaired) electrons. The SMILES string of the molecule is C/C=C\C=C/C.CC.CC.CC.CC1(C)c2ccccc2-c2ccccc21.Cc1ccccc1.Cc1ccccc1N(C)C.c1ccc(C2(c3ccccc3)c3ccccc3-c3ccccc32)cc1.c1ccccc1. The molecule has 2 aliphatic carbocycles. The van der Waals surface area contributed by atoms with Crippen molar-refractivity contribution in [2.24, 2.45) is 0 Å². The number of rotatable bonds is 4. The van der Waals surface area contributed by atoms with Gasteiger partial charge in [0.05, 0.1) is 5.41 Å². The molecule has 0 fully saturated rings. The highest BCUT2D eigenvalue weighted by molar-refractivity contribution is 5.86. The number of fused-ring (bicyclic) bond motifs is 6. The Morgan fingerprint density at radius 3 is 0.880 bits per heavy atom. The van der Waals surface area contributed by atoms with Gasteiger partial charge in [-0.3, -0.25) is 0 Å². The van der Waals surface area contributed by atoms with Crippen molar-refractivity contribution in [1.82, 2.24) is 0 Å². The average molecular weight is 991 g/mol. The fourth-order valence-electron chi connectivity index (χ4n) is 9.28. The van der Waals surface area contributed by atoms with Gasteiger partial charge in [-0.15, -0.1) is 0 Å². The highest BCUT2D eigenvalue weighted by Crippen LogP contribution is 2.56. The summed E-state index contributed by atoms with van der Waals surface area (Å²) in [5.74, 6) is 0. The Morgan fingerprint density at radius 1 is 0.320 bits per heavy atom. The van der Waals surface area contributed by atoms with Crippen LogP contribution in [0.5, 0.6) is 0 Å². The average Bonchev–Trinajstić information content (AvgIpc) is 3.92. The molecular weight excluding hydrogens is 903 g/mol. The van der Waals surface area contributed by atoms with Crippen LogP contribution in [-0.2, 0) is 10.8 Å². The van der Waals surface area contributed by atoms with Crippen molar-refractivity contribution in [2.75, 3.05) is 19.0 Å². The fraction of sp³-hybridized carbons (Fsp3) is 0.216. The molecule has 0 saturated carbocycles. The molecule has 0 heterocycles. The Morgan fingerprint density at radius 2 is 0.587 bits per heavy atom. The third-order valence-corrected chi connectivity index (χ3v) is 12.6. The number of aryl methyl sites for hydroxylation is 2. The largest absolute Gasteiger partial charge is 0.377 e. The Kier molecular flexibility index (Phi) is 27.8. The second kappa shape index (κ2) is 33.9. The predicted octanol–water partition coefficient (Wildman–Crippen LogP) is 21.0. The monoisotopic (exact) mass is 990 g/mol. The summed E-state index contributed by atoms with van der Waals surface area (Å²) in [5, 5.41) is 0. The third-order valence-electron chi connectivity index (χ3n) is 12.6. The molecule has 2 aliphatic rings. The van der Waals surface area contributed by atoms with E-state index < -0.39 is 0 Å². The van der Waals surface area contributed by atoms with Crippen LogP contribution in [-0.4, -0.2) is 14.1 Å². The van der Waals surface area contributed by atoms with E-state index in [1.165, 1.54) is 72.4 Å². The van der Waals surface area contributed by atoms with Crippen LogP contribution in [0, 0.1) is 13.8 Å². The van der Waals surface area contributed by atoms with E-state index in [9.17, 15) is 0 Å². The molecule has 0 saturated heterocycles. The minimum absolute atomic E-state index is 0.160. The van der Waals surface area contributed by atoms with Gasteiger partial charge in [-0.05, 0) is 95.0 Å². The zero-order chi connectivity index (χ0) is 54.9. The third kappa shape index (κ3) is 16.6. The van der Waals surface area contributed by atoms with Crippen molar-refractivity contribution in [1.29, 1.82) is 0 Å². The smallest absolute Gasteiger partial charge is 0.0713 e. The minimum Gasteiger partial charge on any atom is -0.377 e. The predicted molar refractivity (Wildman–Crippen MR) is 335 cm³/mol. The van der Waals surface area contributed by atoms with Gasteiger partial charge in [-0.1, -0.05) is 328 Å². The van der Waals surface area contributed by atoms with E-state index in [1.807, 2.05) is 134 Å². The van der Waals surface area contributed by atoms with Gasteiger partial charge < -0.3 is 4.90 Å². The second-order valence-electron chi connectivity index (χ2n) is 17.8. The van der Waals surface area contributed by atoms with Crippen LogP contribution >= 0.6 is 0 Å². The topological polar surface area (TPSA) is 3.24 Å². The van der Waals surface area contributed by atoms with E-state index in [0.29, 0.717) is 0 Å². The summed E-state index contributed by atoms with van der Waals surface area (Å²) in [6.07, 6.45) is 8.00. The van der Waals surface area contributed by atoms with Crippen LogP contribution in [0.25, 0.3) is 22.3 Å². The quantitative estimate of drug-likeness (QED) is 0.159. The first-order chi connectivity index (χ1) is 36.7. The molecule has 75 heavy (non-hydrogen) atoms. The first-order valence-electron chi connectivity index (χ1n) is 27.1. The molecule has 0 bridgehead atoms. The van der Waals surface area contributed by atoms with Crippen LogP contribution < -0.4 is 4.90 Å². The Bertz CT molecular complexity index is 2790. The molecule has 0 unspecified atom stereocenters. The van der Waals surface area contributed by atoms with Crippen molar-refractivity contribution < 1.29 is 0 Å². The zero-order valence-corrected chi connectivity index (χ0v) is 47.9. The van der Waals surface area contributed by atoms with Crippen molar-refractivity contribution in [2.45, 2.75) is 93.9 Å². The number of nitrogens with zero attached hydrogens (tertiary/aromatic N) is 1. The molecule has 11 rings (SSSR count). The summed E-state index contributed by atoms with van der Waals surface area (Å²) in [6, 6.07) is 87.5. The van der Waals surface area contributed by atoms with Crippen LogP contribution in [0.2, 0.25) is 0 Å². The number of hydrogen-bond acceptors (Lipinski definition) is 1. The molecule has 0 amide bonds. The normalized spacial score (nSPS) is 11.7. The van der Waals surface area contributed by atoms with Crippen LogP contribution in [0.4, 0.5) is 5.69 Å². The highest BCUT2D eigenvalue weighted by atomic mass is 15.1. The first kappa shape index (κ1) is 61.6. The number of para-hydroxylation sites is 1. The molecule has 0 atom stereocenters. The van der Waals surface area contributed by atoms with Gasteiger partial charge in [0.2, 0.25) is 0 Å². The fourth-order valence-corrected chi connectivity index (χ4v) is 9.28. The molecule has 1 heteroatoms. The lowest BCUT2D eigenvalue weighted by molar-refractivity contribution is 0.660. The molecule has 9 aromatic rings. The van der Waals surface area contributed by atoms with Gasteiger partial charge in [0.15, 0.2) is 0 Å². The maximum atomic E-state index is 2.30. The molecule has 388 valence electrons. The summed E-state index contributed by atoms with van der Waals surface area (Å²) in [6.45, 7) is 24.8. The van der Waals surface area contributed by atoms with Crippen molar-refractivity contribution in [3.63, 3.8) is 0 Å².